The summed E-state index contributed by atoms with van der Waals surface area (Å²) >= 11 is 5.79. The molecular weight excluding hydrogens is 224 g/mol. The zero-order valence-corrected chi connectivity index (χ0v) is 10.00. The SMILES string of the molecule is CN[C@H]1CCN(C(=O)c2ccc(Cl)cc2)C1. The number of amides is 1. The molecule has 1 aromatic carbocycles. The number of likely N-dealkylation sites (tertiary alicyclic amines) is 1. The fourth-order valence-electron chi connectivity index (χ4n) is 1.96. The first kappa shape index (κ1) is 11.4. The van der Waals surface area contributed by atoms with Crippen LogP contribution in [-0.4, -0.2) is 37.0 Å². The van der Waals surface area contributed by atoms with Gasteiger partial charge in [0.2, 0.25) is 0 Å². The first-order valence-electron chi connectivity index (χ1n) is 5.43. The fraction of sp³-hybridized carbons (Fsp3) is 0.417. The number of carbonyl (C=O) groups excluding carboxylic acids is 1. The van der Waals surface area contributed by atoms with Crippen LogP contribution in [0.5, 0.6) is 0 Å². The van der Waals surface area contributed by atoms with Gasteiger partial charge in [0.15, 0.2) is 0 Å². The predicted octanol–water partition coefficient (Wildman–Crippen LogP) is 1.77. The number of halogens is 1. The van der Waals surface area contributed by atoms with E-state index in [0.29, 0.717) is 16.6 Å². The number of rotatable bonds is 2. The number of hydrogen-bond acceptors (Lipinski definition) is 2. The number of hydrogen-bond donors (Lipinski definition) is 1. The quantitative estimate of drug-likeness (QED) is 0.852. The Morgan fingerprint density at radius 2 is 2.12 bits per heavy atom. The highest BCUT2D eigenvalue weighted by Gasteiger charge is 2.25. The lowest BCUT2D eigenvalue weighted by molar-refractivity contribution is 0.0789. The van der Waals surface area contributed by atoms with E-state index in [-0.39, 0.29) is 5.91 Å². The number of nitrogens with zero attached hydrogens (tertiary/aromatic N) is 1. The summed E-state index contributed by atoms with van der Waals surface area (Å²) in [7, 11) is 1.93. The Hall–Kier alpha value is -1.06. The minimum atomic E-state index is 0.0921. The van der Waals surface area contributed by atoms with Crippen molar-refractivity contribution in [3.05, 3.63) is 34.9 Å². The molecule has 0 aromatic heterocycles. The van der Waals surface area contributed by atoms with Crippen molar-refractivity contribution >= 4 is 17.5 Å². The summed E-state index contributed by atoms with van der Waals surface area (Å²) in [6, 6.07) is 7.48. The Morgan fingerprint density at radius 3 is 2.69 bits per heavy atom. The van der Waals surface area contributed by atoms with E-state index >= 15 is 0 Å². The monoisotopic (exact) mass is 238 g/mol. The maximum atomic E-state index is 12.1. The highest BCUT2D eigenvalue weighted by Crippen LogP contribution is 2.15. The van der Waals surface area contributed by atoms with Gasteiger partial charge in [0.25, 0.3) is 5.91 Å². The molecule has 1 aromatic rings. The molecule has 16 heavy (non-hydrogen) atoms. The summed E-state index contributed by atoms with van der Waals surface area (Å²) < 4.78 is 0. The fourth-order valence-corrected chi connectivity index (χ4v) is 2.08. The predicted molar refractivity (Wildman–Crippen MR) is 64.8 cm³/mol. The van der Waals surface area contributed by atoms with Gasteiger partial charge >= 0.3 is 0 Å². The average molecular weight is 239 g/mol. The Labute approximate surface area is 100 Å². The van der Waals surface area contributed by atoms with Crippen LogP contribution in [0.1, 0.15) is 16.8 Å². The molecule has 1 N–H and O–H groups in total. The lowest BCUT2D eigenvalue weighted by atomic mass is 10.2. The van der Waals surface area contributed by atoms with E-state index in [1.54, 1.807) is 24.3 Å². The molecular formula is C12H15ClN2O. The molecule has 1 aliphatic heterocycles. The van der Waals surface area contributed by atoms with Gasteiger partial charge in [0.05, 0.1) is 0 Å². The zero-order chi connectivity index (χ0) is 11.5. The van der Waals surface area contributed by atoms with Crippen molar-refractivity contribution in [3.8, 4) is 0 Å². The standard InChI is InChI=1S/C12H15ClN2O/c1-14-11-6-7-15(8-11)12(16)9-2-4-10(13)5-3-9/h2-5,11,14H,6-8H2,1H3/t11-/m0/s1. The Morgan fingerprint density at radius 1 is 1.44 bits per heavy atom. The Bertz CT molecular complexity index is 377. The molecule has 1 fully saturated rings. The molecule has 0 bridgehead atoms. The van der Waals surface area contributed by atoms with Crippen LogP contribution in [0.3, 0.4) is 0 Å². The Kier molecular flexibility index (Phi) is 3.46. The van der Waals surface area contributed by atoms with Crippen molar-refractivity contribution in [2.45, 2.75) is 12.5 Å². The van der Waals surface area contributed by atoms with Gasteiger partial charge in [0, 0.05) is 29.7 Å². The van der Waals surface area contributed by atoms with Crippen LogP contribution in [0, 0.1) is 0 Å². The summed E-state index contributed by atoms with van der Waals surface area (Å²) in [5.74, 6) is 0.0921. The number of carbonyl (C=O) groups is 1. The van der Waals surface area contributed by atoms with Gasteiger partial charge in [-0.25, -0.2) is 0 Å². The third-order valence-electron chi connectivity index (χ3n) is 2.97. The minimum Gasteiger partial charge on any atom is -0.337 e. The van der Waals surface area contributed by atoms with E-state index in [1.165, 1.54) is 0 Å². The maximum absolute atomic E-state index is 12.1. The van der Waals surface area contributed by atoms with Crippen molar-refractivity contribution in [1.82, 2.24) is 10.2 Å². The van der Waals surface area contributed by atoms with Gasteiger partial charge in [-0.05, 0) is 37.7 Å². The lowest BCUT2D eigenvalue weighted by Crippen LogP contribution is -2.33. The number of benzene rings is 1. The molecule has 1 atom stereocenters. The molecule has 4 heteroatoms. The summed E-state index contributed by atoms with van der Waals surface area (Å²) in [5.41, 5.74) is 0.709. The van der Waals surface area contributed by atoms with Crippen molar-refractivity contribution in [2.75, 3.05) is 20.1 Å². The molecule has 0 radical (unpaired) electrons. The summed E-state index contributed by atoms with van der Waals surface area (Å²) in [5, 5.41) is 3.85. The van der Waals surface area contributed by atoms with Crippen molar-refractivity contribution < 1.29 is 4.79 Å². The second kappa shape index (κ2) is 4.85. The van der Waals surface area contributed by atoms with Gasteiger partial charge < -0.3 is 10.2 Å². The molecule has 1 amide bonds. The van der Waals surface area contributed by atoms with E-state index in [0.717, 1.165) is 19.5 Å². The molecule has 86 valence electrons. The zero-order valence-electron chi connectivity index (χ0n) is 9.24. The normalized spacial score (nSPS) is 20.1. The molecule has 3 nitrogen and oxygen atoms in total. The largest absolute Gasteiger partial charge is 0.337 e. The van der Waals surface area contributed by atoms with Gasteiger partial charge in [-0.1, -0.05) is 11.6 Å². The number of likely N-dealkylation sites (N-methyl/N-ethyl adjacent to an activating group) is 1. The van der Waals surface area contributed by atoms with E-state index in [1.807, 2.05) is 11.9 Å². The molecule has 0 spiro atoms. The Balaban J connectivity index is 2.05. The molecule has 0 unspecified atom stereocenters. The van der Waals surface area contributed by atoms with Gasteiger partial charge in [-0.15, -0.1) is 0 Å². The van der Waals surface area contributed by atoms with E-state index in [2.05, 4.69) is 5.32 Å². The van der Waals surface area contributed by atoms with Crippen molar-refractivity contribution in [2.24, 2.45) is 0 Å². The van der Waals surface area contributed by atoms with Gasteiger partial charge in [-0.3, -0.25) is 4.79 Å². The van der Waals surface area contributed by atoms with E-state index in [4.69, 9.17) is 11.6 Å². The number of nitrogens with one attached hydrogen (secondary N) is 1. The second-order valence-electron chi connectivity index (χ2n) is 4.03. The third-order valence-corrected chi connectivity index (χ3v) is 3.23. The first-order chi connectivity index (χ1) is 7.70. The minimum absolute atomic E-state index is 0.0921. The van der Waals surface area contributed by atoms with Crippen LogP contribution in [0.15, 0.2) is 24.3 Å². The van der Waals surface area contributed by atoms with Crippen LogP contribution in [0.2, 0.25) is 5.02 Å². The maximum Gasteiger partial charge on any atom is 0.253 e. The van der Waals surface area contributed by atoms with E-state index in [9.17, 15) is 4.79 Å². The van der Waals surface area contributed by atoms with Crippen LogP contribution in [0.4, 0.5) is 0 Å². The van der Waals surface area contributed by atoms with Crippen LogP contribution in [0.25, 0.3) is 0 Å². The van der Waals surface area contributed by atoms with Crippen LogP contribution < -0.4 is 5.32 Å². The van der Waals surface area contributed by atoms with Gasteiger partial charge in [-0.2, -0.15) is 0 Å². The van der Waals surface area contributed by atoms with Crippen LogP contribution in [-0.2, 0) is 0 Å². The highest BCUT2D eigenvalue weighted by molar-refractivity contribution is 6.30. The topological polar surface area (TPSA) is 32.3 Å². The summed E-state index contributed by atoms with van der Waals surface area (Å²) in [6.45, 7) is 1.62. The first-order valence-corrected chi connectivity index (χ1v) is 5.80. The molecule has 0 saturated carbocycles. The second-order valence-corrected chi connectivity index (χ2v) is 4.47. The summed E-state index contributed by atoms with van der Waals surface area (Å²) in [6.07, 6.45) is 1.02. The smallest absolute Gasteiger partial charge is 0.253 e. The molecule has 1 aliphatic rings. The summed E-state index contributed by atoms with van der Waals surface area (Å²) in [4.78, 5) is 14.0. The molecule has 0 aliphatic carbocycles. The molecule has 1 heterocycles. The average Bonchev–Trinajstić information content (AvgIpc) is 2.77. The van der Waals surface area contributed by atoms with Crippen LogP contribution >= 0.6 is 11.6 Å². The molecule has 1 saturated heterocycles. The van der Waals surface area contributed by atoms with Crippen molar-refractivity contribution in [1.29, 1.82) is 0 Å². The van der Waals surface area contributed by atoms with E-state index < -0.39 is 0 Å². The third kappa shape index (κ3) is 2.36. The van der Waals surface area contributed by atoms with Gasteiger partial charge in [0.1, 0.15) is 0 Å². The highest BCUT2D eigenvalue weighted by atomic mass is 35.5. The lowest BCUT2D eigenvalue weighted by Gasteiger charge is -2.16. The molecule has 2 rings (SSSR count). The van der Waals surface area contributed by atoms with Crippen molar-refractivity contribution in [3.63, 3.8) is 0 Å².